The van der Waals surface area contributed by atoms with Gasteiger partial charge in [0, 0.05) is 15.9 Å². The number of hydrogen-bond acceptors (Lipinski definition) is 2. The van der Waals surface area contributed by atoms with Gasteiger partial charge in [0.1, 0.15) is 0 Å². The molecular formula is C12H7Br2ClF3NS. The molecule has 0 aliphatic rings. The second kappa shape index (κ2) is 6.25. The monoisotopic (exact) mass is 447 g/mol. The van der Waals surface area contributed by atoms with E-state index in [1.807, 2.05) is 6.07 Å². The summed E-state index contributed by atoms with van der Waals surface area (Å²) in [6, 6.07) is 5.20. The maximum absolute atomic E-state index is 12.5. The Morgan fingerprint density at radius 1 is 1.20 bits per heavy atom. The normalized spacial score (nSPS) is 11.7. The molecule has 0 radical (unpaired) electrons. The fourth-order valence-electron chi connectivity index (χ4n) is 1.50. The Hall–Kier alpha value is -0.240. The van der Waals surface area contributed by atoms with Crippen LogP contribution in [0.1, 0.15) is 10.4 Å². The number of halogens is 6. The molecule has 0 saturated carbocycles. The quantitative estimate of drug-likeness (QED) is 0.560. The molecule has 1 heterocycles. The van der Waals surface area contributed by atoms with Crippen molar-refractivity contribution in [3.8, 4) is 0 Å². The molecule has 0 amide bonds. The molecule has 0 spiro atoms. The zero-order chi connectivity index (χ0) is 14.9. The Bertz CT molecular complexity index is 608. The highest BCUT2D eigenvalue weighted by molar-refractivity contribution is 9.13. The number of anilines is 1. The van der Waals surface area contributed by atoms with Crippen molar-refractivity contribution in [2.24, 2.45) is 0 Å². The van der Waals surface area contributed by atoms with Crippen LogP contribution in [0.5, 0.6) is 0 Å². The third-order valence-electron chi connectivity index (χ3n) is 2.45. The van der Waals surface area contributed by atoms with Crippen molar-refractivity contribution < 1.29 is 13.2 Å². The van der Waals surface area contributed by atoms with Gasteiger partial charge in [0.25, 0.3) is 0 Å². The Balaban J connectivity index is 2.10. The van der Waals surface area contributed by atoms with Crippen LogP contribution in [0.15, 0.2) is 32.5 Å². The molecule has 2 rings (SSSR count). The number of benzene rings is 1. The summed E-state index contributed by atoms with van der Waals surface area (Å²) in [6.07, 6.45) is -4.38. The Morgan fingerprint density at radius 2 is 1.90 bits per heavy atom. The summed E-state index contributed by atoms with van der Waals surface area (Å²) in [7, 11) is 0. The highest BCUT2D eigenvalue weighted by atomic mass is 79.9. The molecule has 2 aromatic rings. The topological polar surface area (TPSA) is 12.0 Å². The largest absolute Gasteiger partial charge is 0.416 e. The first-order valence-corrected chi connectivity index (χ1v) is 8.10. The van der Waals surface area contributed by atoms with Gasteiger partial charge in [0.05, 0.1) is 20.1 Å². The zero-order valence-corrected chi connectivity index (χ0v) is 14.4. The fraction of sp³-hybridized carbons (Fsp3) is 0.167. The fourth-order valence-corrected chi connectivity index (χ4v) is 3.86. The van der Waals surface area contributed by atoms with E-state index in [1.165, 1.54) is 17.4 Å². The van der Waals surface area contributed by atoms with Crippen molar-refractivity contribution >= 4 is 60.5 Å². The predicted octanol–water partition coefficient (Wildman–Crippen LogP) is 6.56. The van der Waals surface area contributed by atoms with E-state index in [1.54, 1.807) is 0 Å². The van der Waals surface area contributed by atoms with E-state index in [-0.39, 0.29) is 5.02 Å². The summed E-state index contributed by atoms with van der Waals surface area (Å²) >= 11 is 14.1. The van der Waals surface area contributed by atoms with E-state index >= 15 is 0 Å². The Morgan fingerprint density at radius 3 is 2.40 bits per heavy atom. The van der Waals surface area contributed by atoms with Gasteiger partial charge in [-0.1, -0.05) is 11.6 Å². The average molecular weight is 450 g/mol. The van der Waals surface area contributed by atoms with E-state index in [4.69, 9.17) is 11.6 Å². The number of rotatable bonds is 3. The second-order valence-electron chi connectivity index (χ2n) is 3.88. The molecule has 0 aliphatic carbocycles. The minimum atomic E-state index is -4.38. The standard InChI is InChI=1S/C12H7Br2ClF3NS/c13-8-4-7(20-11(8)14)5-19-10-2-1-6(3-9(10)15)12(16,17)18/h1-4,19H,5H2. The van der Waals surface area contributed by atoms with E-state index in [0.29, 0.717) is 12.2 Å². The van der Waals surface area contributed by atoms with Crippen LogP contribution in [-0.2, 0) is 12.7 Å². The molecule has 0 bridgehead atoms. The van der Waals surface area contributed by atoms with Crippen LogP contribution in [0, 0.1) is 0 Å². The third-order valence-corrected chi connectivity index (χ3v) is 6.01. The summed E-state index contributed by atoms with van der Waals surface area (Å²) in [4.78, 5) is 1.03. The smallest absolute Gasteiger partial charge is 0.379 e. The van der Waals surface area contributed by atoms with Gasteiger partial charge in [-0.3, -0.25) is 0 Å². The van der Waals surface area contributed by atoms with Crippen LogP contribution >= 0.6 is 54.8 Å². The highest BCUT2D eigenvalue weighted by Gasteiger charge is 2.30. The molecule has 1 aromatic carbocycles. The van der Waals surface area contributed by atoms with Gasteiger partial charge in [-0.25, -0.2) is 0 Å². The van der Waals surface area contributed by atoms with E-state index < -0.39 is 11.7 Å². The van der Waals surface area contributed by atoms with Gasteiger partial charge >= 0.3 is 6.18 Å². The molecule has 0 fully saturated rings. The van der Waals surface area contributed by atoms with Crippen molar-refractivity contribution in [2.75, 3.05) is 5.32 Å². The first-order chi connectivity index (χ1) is 9.27. The molecule has 108 valence electrons. The minimum absolute atomic E-state index is 0.0505. The lowest BCUT2D eigenvalue weighted by atomic mass is 10.2. The van der Waals surface area contributed by atoms with Gasteiger partial charge in [-0.2, -0.15) is 13.2 Å². The average Bonchev–Trinajstić information content (AvgIpc) is 2.66. The second-order valence-corrected chi connectivity index (χ2v) is 7.60. The lowest BCUT2D eigenvalue weighted by Crippen LogP contribution is -2.05. The van der Waals surface area contributed by atoms with Crippen LogP contribution in [0.2, 0.25) is 5.02 Å². The van der Waals surface area contributed by atoms with Crippen LogP contribution in [0.25, 0.3) is 0 Å². The van der Waals surface area contributed by atoms with Gasteiger partial charge in [-0.05, 0) is 56.1 Å². The lowest BCUT2D eigenvalue weighted by Gasteiger charge is -2.11. The van der Waals surface area contributed by atoms with Crippen molar-refractivity contribution in [2.45, 2.75) is 12.7 Å². The molecule has 1 aromatic heterocycles. The molecule has 20 heavy (non-hydrogen) atoms. The molecule has 0 saturated heterocycles. The van der Waals surface area contributed by atoms with Crippen molar-refractivity contribution in [1.82, 2.24) is 0 Å². The molecule has 8 heteroatoms. The van der Waals surface area contributed by atoms with Gasteiger partial charge in [0.15, 0.2) is 0 Å². The van der Waals surface area contributed by atoms with E-state index in [0.717, 1.165) is 25.3 Å². The molecule has 0 unspecified atom stereocenters. The summed E-state index contributed by atoms with van der Waals surface area (Å²) in [5, 5.41) is 3.07. The minimum Gasteiger partial charge on any atom is -0.379 e. The van der Waals surface area contributed by atoms with Crippen molar-refractivity contribution in [3.63, 3.8) is 0 Å². The summed E-state index contributed by atoms with van der Waals surface area (Å²) in [5.74, 6) is 0. The Kier molecular flexibility index (Phi) is 5.05. The SMILES string of the molecule is FC(F)(F)c1ccc(NCc2cc(Br)c(Br)s2)c(Cl)c1. The van der Waals surface area contributed by atoms with Crippen LogP contribution in [0.3, 0.4) is 0 Å². The number of thiophene rings is 1. The Labute approximate surface area is 139 Å². The third kappa shape index (κ3) is 3.90. The van der Waals surface area contributed by atoms with Crippen LogP contribution in [0.4, 0.5) is 18.9 Å². The summed E-state index contributed by atoms with van der Waals surface area (Å²) < 4.78 is 39.4. The van der Waals surface area contributed by atoms with Gasteiger partial charge < -0.3 is 5.32 Å². The molecule has 0 aliphatic heterocycles. The zero-order valence-electron chi connectivity index (χ0n) is 9.69. The number of hydrogen-bond donors (Lipinski definition) is 1. The first-order valence-electron chi connectivity index (χ1n) is 5.31. The predicted molar refractivity (Wildman–Crippen MR) is 83.5 cm³/mol. The van der Waals surface area contributed by atoms with Crippen LogP contribution < -0.4 is 5.32 Å². The molecule has 1 N–H and O–H groups in total. The van der Waals surface area contributed by atoms with Crippen LogP contribution in [-0.4, -0.2) is 0 Å². The maximum atomic E-state index is 12.5. The van der Waals surface area contributed by atoms with Crippen molar-refractivity contribution in [1.29, 1.82) is 0 Å². The summed E-state index contributed by atoms with van der Waals surface area (Å²) in [5.41, 5.74) is -0.282. The van der Waals surface area contributed by atoms with E-state index in [2.05, 4.69) is 37.2 Å². The number of nitrogens with one attached hydrogen (secondary N) is 1. The van der Waals surface area contributed by atoms with Crippen molar-refractivity contribution in [3.05, 3.63) is 48.0 Å². The molecule has 1 nitrogen and oxygen atoms in total. The maximum Gasteiger partial charge on any atom is 0.416 e. The number of alkyl halides is 3. The molecular weight excluding hydrogens is 442 g/mol. The molecule has 0 atom stereocenters. The first kappa shape index (κ1) is 16.1. The highest BCUT2D eigenvalue weighted by Crippen LogP contribution is 2.35. The van der Waals surface area contributed by atoms with E-state index in [9.17, 15) is 13.2 Å². The van der Waals surface area contributed by atoms with Gasteiger partial charge in [0.2, 0.25) is 0 Å². The van der Waals surface area contributed by atoms with Gasteiger partial charge in [-0.15, -0.1) is 11.3 Å². The lowest BCUT2D eigenvalue weighted by molar-refractivity contribution is -0.137. The summed E-state index contributed by atoms with van der Waals surface area (Å²) in [6.45, 7) is 0.486.